The maximum Gasteiger partial charge on any atom is 0.162 e. The van der Waals surface area contributed by atoms with Crippen molar-refractivity contribution in [2.75, 3.05) is 11.9 Å². The summed E-state index contributed by atoms with van der Waals surface area (Å²) in [6.45, 7) is 0.797. The molecule has 4 aromatic carbocycles. The lowest BCUT2D eigenvalue weighted by Crippen LogP contribution is -2.11. The van der Waals surface area contributed by atoms with Crippen LogP contribution in [0.4, 0.5) is 5.82 Å². The van der Waals surface area contributed by atoms with E-state index < -0.39 is 0 Å². The third kappa shape index (κ3) is 4.38. The fourth-order valence-electron chi connectivity index (χ4n) is 4.76. The van der Waals surface area contributed by atoms with Crippen molar-refractivity contribution in [1.82, 2.24) is 15.0 Å². The number of rotatable bonds is 7. The van der Waals surface area contributed by atoms with E-state index in [1.54, 1.807) is 0 Å². The van der Waals surface area contributed by atoms with Crippen molar-refractivity contribution in [2.24, 2.45) is 0 Å². The predicted octanol–water partition coefficient (Wildman–Crippen LogP) is 7.41. The number of hydrogen-bond donors (Lipinski definition) is 2. The molecule has 0 saturated heterocycles. The molecule has 0 fully saturated rings. The van der Waals surface area contributed by atoms with Crippen LogP contribution in [0.15, 0.2) is 115 Å². The van der Waals surface area contributed by atoms with Gasteiger partial charge < -0.3 is 10.3 Å². The lowest BCUT2D eigenvalue weighted by molar-refractivity contribution is 0.743. The fraction of sp³-hybridized carbons (Fsp3) is 0.0968. The molecule has 35 heavy (non-hydrogen) atoms. The van der Waals surface area contributed by atoms with Gasteiger partial charge in [-0.05, 0) is 53.9 Å². The van der Waals surface area contributed by atoms with Gasteiger partial charge in [-0.15, -0.1) is 0 Å². The van der Waals surface area contributed by atoms with Crippen molar-refractivity contribution < 1.29 is 0 Å². The van der Waals surface area contributed by atoms with E-state index in [1.165, 1.54) is 11.1 Å². The summed E-state index contributed by atoms with van der Waals surface area (Å²) in [5, 5.41) is 5.83. The normalized spacial score (nSPS) is 11.3. The van der Waals surface area contributed by atoms with Crippen LogP contribution in [-0.4, -0.2) is 21.5 Å². The van der Waals surface area contributed by atoms with Gasteiger partial charge >= 0.3 is 0 Å². The second-order valence-corrected chi connectivity index (χ2v) is 8.78. The van der Waals surface area contributed by atoms with Gasteiger partial charge in [-0.25, -0.2) is 9.97 Å². The van der Waals surface area contributed by atoms with Gasteiger partial charge in [0.25, 0.3) is 0 Å². The molecule has 0 spiro atoms. The van der Waals surface area contributed by atoms with Crippen LogP contribution in [0.2, 0.25) is 0 Å². The third-order valence-corrected chi connectivity index (χ3v) is 6.54. The van der Waals surface area contributed by atoms with Crippen LogP contribution in [0, 0.1) is 0 Å². The average molecular weight is 455 g/mol. The van der Waals surface area contributed by atoms with E-state index in [1.807, 2.05) is 18.3 Å². The summed E-state index contributed by atoms with van der Waals surface area (Å²) in [6, 6.07) is 38.1. The molecule has 170 valence electrons. The molecule has 2 N–H and O–H groups in total. The maximum absolute atomic E-state index is 4.97. The number of nitrogens with one attached hydrogen (secondary N) is 2. The topological polar surface area (TPSA) is 53.6 Å². The SMILES string of the molecule is c1ccc(C(CCNc2nc(-c3ccc4[nH]ccc4c3)nc3ccccc23)c2ccccc2)cc1. The average Bonchev–Trinajstić information content (AvgIpc) is 3.40. The molecule has 2 heterocycles. The summed E-state index contributed by atoms with van der Waals surface area (Å²) < 4.78 is 0. The zero-order valence-electron chi connectivity index (χ0n) is 19.4. The van der Waals surface area contributed by atoms with Crippen LogP contribution in [0.1, 0.15) is 23.5 Å². The minimum atomic E-state index is 0.313. The van der Waals surface area contributed by atoms with Crippen LogP contribution in [-0.2, 0) is 0 Å². The highest BCUT2D eigenvalue weighted by Crippen LogP contribution is 2.30. The molecule has 0 aliphatic heterocycles. The Labute approximate surface area is 204 Å². The molecule has 0 atom stereocenters. The summed E-state index contributed by atoms with van der Waals surface area (Å²) in [5.74, 6) is 1.92. The molecule has 4 nitrogen and oxygen atoms in total. The monoisotopic (exact) mass is 454 g/mol. The maximum atomic E-state index is 4.97. The summed E-state index contributed by atoms with van der Waals surface area (Å²) in [4.78, 5) is 13.1. The van der Waals surface area contributed by atoms with E-state index in [-0.39, 0.29) is 0 Å². The number of aromatic amines is 1. The van der Waals surface area contributed by atoms with Gasteiger partial charge in [0.15, 0.2) is 5.82 Å². The summed E-state index contributed by atoms with van der Waals surface area (Å²) in [7, 11) is 0. The number of H-pyrrole nitrogens is 1. The molecule has 0 saturated carbocycles. The summed E-state index contributed by atoms with van der Waals surface area (Å²) >= 11 is 0. The number of fused-ring (bicyclic) bond motifs is 2. The first-order valence-electron chi connectivity index (χ1n) is 12.0. The molecule has 0 aliphatic carbocycles. The Morgan fingerprint density at radius 1 is 0.714 bits per heavy atom. The Balaban J connectivity index is 1.31. The lowest BCUT2D eigenvalue weighted by atomic mass is 9.88. The molecule has 6 rings (SSSR count). The van der Waals surface area contributed by atoms with Crippen molar-refractivity contribution in [1.29, 1.82) is 0 Å². The van der Waals surface area contributed by atoms with Gasteiger partial charge in [-0.3, -0.25) is 0 Å². The highest BCUT2D eigenvalue weighted by atomic mass is 15.0. The fourth-order valence-corrected chi connectivity index (χ4v) is 4.76. The second kappa shape index (κ2) is 9.43. The van der Waals surface area contributed by atoms with Crippen molar-refractivity contribution in [3.05, 3.63) is 127 Å². The Kier molecular flexibility index (Phi) is 5.69. The first-order chi connectivity index (χ1) is 17.3. The number of hydrogen-bond acceptors (Lipinski definition) is 3. The van der Waals surface area contributed by atoms with E-state index in [2.05, 4.69) is 107 Å². The third-order valence-electron chi connectivity index (χ3n) is 6.54. The first kappa shape index (κ1) is 21.1. The molecule has 0 aliphatic rings. The van der Waals surface area contributed by atoms with Gasteiger partial charge in [0.2, 0.25) is 0 Å². The smallest absolute Gasteiger partial charge is 0.162 e. The molecule has 0 amide bonds. The highest BCUT2D eigenvalue weighted by Gasteiger charge is 2.15. The van der Waals surface area contributed by atoms with Gasteiger partial charge in [0.1, 0.15) is 5.82 Å². The van der Waals surface area contributed by atoms with Crippen LogP contribution >= 0.6 is 0 Å². The molecule has 6 aromatic rings. The van der Waals surface area contributed by atoms with Crippen LogP contribution in [0.25, 0.3) is 33.2 Å². The predicted molar refractivity (Wildman–Crippen MR) is 145 cm³/mol. The Morgan fingerprint density at radius 3 is 2.20 bits per heavy atom. The van der Waals surface area contributed by atoms with E-state index in [4.69, 9.17) is 9.97 Å². The molecular formula is C31H26N4. The van der Waals surface area contributed by atoms with E-state index in [0.29, 0.717) is 5.92 Å². The molecular weight excluding hydrogens is 428 g/mol. The summed E-state index contributed by atoms with van der Waals surface area (Å²) in [6.07, 6.45) is 2.91. The zero-order valence-corrected chi connectivity index (χ0v) is 19.4. The number of anilines is 1. The van der Waals surface area contributed by atoms with Gasteiger partial charge in [0.05, 0.1) is 5.52 Å². The second-order valence-electron chi connectivity index (χ2n) is 8.78. The Morgan fingerprint density at radius 2 is 1.43 bits per heavy atom. The standard InChI is InChI=1S/C31H26N4/c1-3-9-22(10-4-1)26(23-11-5-2-6-12-23)18-20-33-31-27-13-7-8-14-29(27)34-30(35-31)25-15-16-28-24(21-25)17-19-32-28/h1-17,19,21,26,32H,18,20H2,(H,33,34,35). The van der Waals surface area contributed by atoms with E-state index >= 15 is 0 Å². The minimum Gasteiger partial charge on any atom is -0.369 e. The number of aromatic nitrogens is 3. The number of nitrogens with zero attached hydrogens (tertiary/aromatic N) is 2. The van der Waals surface area contributed by atoms with Gasteiger partial charge in [-0.2, -0.15) is 0 Å². The Hall–Kier alpha value is -4.44. The quantitative estimate of drug-likeness (QED) is 0.264. The van der Waals surface area contributed by atoms with Crippen molar-refractivity contribution >= 4 is 27.6 Å². The highest BCUT2D eigenvalue weighted by molar-refractivity contribution is 5.91. The van der Waals surface area contributed by atoms with Crippen molar-refractivity contribution in [3.8, 4) is 11.4 Å². The number of benzene rings is 4. The van der Waals surface area contributed by atoms with Crippen molar-refractivity contribution in [2.45, 2.75) is 12.3 Å². The largest absolute Gasteiger partial charge is 0.369 e. The van der Waals surface area contributed by atoms with Gasteiger partial charge in [-0.1, -0.05) is 72.8 Å². The molecule has 0 unspecified atom stereocenters. The summed E-state index contributed by atoms with van der Waals surface area (Å²) in [5.41, 5.74) is 5.72. The lowest BCUT2D eigenvalue weighted by Gasteiger charge is -2.19. The molecule has 0 radical (unpaired) electrons. The van der Waals surface area contributed by atoms with Crippen LogP contribution in [0.5, 0.6) is 0 Å². The van der Waals surface area contributed by atoms with Crippen LogP contribution in [0.3, 0.4) is 0 Å². The Bertz CT molecular complexity index is 1530. The molecule has 4 heteroatoms. The van der Waals surface area contributed by atoms with Gasteiger partial charge in [0, 0.05) is 40.5 Å². The zero-order chi connectivity index (χ0) is 23.5. The molecule has 0 bridgehead atoms. The number of para-hydroxylation sites is 1. The van der Waals surface area contributed by atoms with E-state index in [9.17, 15) is 0 Å². The molecule has 2 aromatic heterocycles. The first-order valence-corrected chi connectivity index (χ1v) is 12.0. The van der Waals surface area contributed by atoms with Crippen molar-refractivity contribution in [3.63, 3.8) is 0 Å². The van der Waals surface area contributed by atoms with Crippen LogP contribution < -0.4 is 5.32 Å². The van der Waals surface area contributed by atoms with E-state index in [0.717, 1.165) is 52.0 Å². The minimum absolute atomic E-state index is 0.313.